The Morgan fingerprint density at radius 1 is 1.31 bits per heavy atom. The summed E-state index contributed by atoms with van der Waals surface area (Å²) in [5.41, 5.74) is 1.08. The molecule has 0 saturated carbocycles. The summed E-state index contributed by atoms with van der Waals surface area (Å²) in [4.78, 5) is 0. The first-order valence-corrected chi connectivity index (χ1v) is 6.50. The van der Waals surface area contributed by atoms with Crippen molar-refractivity contribution in [3.8, 4) is 0 Å². The van der Waals surface area contributed by atoms with Crippen LogP contribution >= 0.6 is 31.9 Å². The molecule has 5 heteroatoms. The molecule has 0 aliphatic rings. The van der Waals surface area contributed by atoms with Gasteiger partial charge in [-0.2, -0.15) is 5.10 Å². The Kier molecular flexibility index (Phi) is 4.01. The molecule has 0 saturated heterocycles. The molecule has 1 aromatic carbocycles. The van der Waals surface area contributed by atoms with Crippen LogP contribution in [0, 0.1) is 0 Å². The van der Waals surface area contributed by atoms with E-state index in [2.05, 4.69) is 42.3 Å². The van der Waals surface area contributed by atoms with Crippen LogP contribution in [0.1, 0.15) is 0 Å². The summed E-state index contributed by atoms with van der Waals surface area (Å²) in [5, 5.41) is 7.50. The minimum atomic E-state index is 0.844. The minimum absolute atomic E-state index is 0.844. The van der Waals surface area contributed by atoms with Crippen LogP contribution in [0.15, 0.2) is 45.6 Å². The fraction of sp³-hybridized carbons (Fsp3) is 0.182. The Morgan fingerprint density at radius 3 is 2.94 bits per heavy atom. The summed E-state index contributed by atoms with van der Waals surface area (Å²) in [5.74, 6) is 0. The summed E-state index contributed by atoms with van der Waals surface area (Å²) in [7, 11) is 0. The van der Waals surface area contributed by atoms with E-state index in [1.54, 1.807) is 6.20 Å². The number of nitrogens with zero attached hydrogens (tertiary/aromatic N) is 2. The second-order valence-electron chi connectivity index (χ2n) is 3.32. The van der Waals surface area contributed by atoms with Crippen LogP contribution in [0.3, 0.4) is 0 Å². The van der Waals surface area contributed by atoms with Gasteiger partial charge in [0.2, 0.25) is 0 Å². The van der Waals surface area contributed by atoms with Crippen molar-refractivity contribution in [2.24, 2.45) is 0 Å². The van der Waals surface area contributed by atoms with Gasteiger partial charge < -0.3 is 5.32 Å². The lowest BCUT2D eigenvalue weighted by Gasteiger charge is -2.09. The average molecular weight is 345 g/mol. The highest BCUT2D eigenvalue weighted by Gasteiger charge is 1.99. The molecular weight excluding hydrogens is 334 g/mol. The maximum Gasteiger partial charge on any atom is 0.0582 e. The largest absolute Gasteiger partial charge is 0.382 e. The van der Waals surface area contributed by atoms with Crippen molar-refractivity contribution >= 4 is 37.5 Å². The van der Waals surface area contributed by atoms with Crippen molar-refractivity contribution in [3.05, 3.63) is 45.6 Å². The van der Waals surface area contributed by atoms with Crippen molar-refractivity contribution in [2.45, 2.75) is 6.54 Å². The van der Waals surface area contributed by atoms with Crippen LogP contribution < -0.4 is 5.32 Å². The van der Waals surface area contributed by atoms with E-state index in [1.807, 2.05) is 35.1 Å². The first-order chi connectivity index (χ1) is 7.75. The Morgan fingerprint density at radius 2 is 2.19 bits per heavy atom. The highest BCUT2D eigenvalue weighted by molar-refractivity contribution is 9.11. The van der Waals surface area contributed by atoms with Gasteiger partial charge in [-0.25, -0.2) is 0 Å². The standard InChI is InChI=1S/C11H11Br2N3/c12-9-2-3-10(13)11(8-9)14-5-7-16-6-1-4-15-16/h1-4,6,8,14H,5,7H2. The number of anilines is 1. The molecular formula is C11H11Br2N3. The fourth-order valence-electron chi connectivity index (χ4n) is 1.37. The van der Waals surface area contributed by atoms with Gasteiger partial charge in [0.25, 0.3) is 0 Å². The second kappa shape index (κ2) is 5.50. The van der Waals surface area contributed by atoms with Crippen LogP contribution in [0.2, 0.25) is 0 Å². The molecule has 3 nitrogen and oxygen atoms in total. The van der Waals surface area contributed by atoms with Crippen LogP contribution in [0.25, 0.3) is 0 Å². The average Bonchev–Trinajstić information content (AvgIpc) is 2.76. The van der Waals surface area contributed by atoms with Gasteiger partial charge in [0.1, 0.15) is 0 Å². The monoisotopic (exact) mass is 343 g/mol. The lowest BCUT2D eigenvalue weighted by molar-refractivity contribution is 0.638. The number of nitrogens with one attached hydrogen (secondary N) is 1. The summed E-state index contributed by atoms with van der Waals surface area (Å²) in [6.45, 7) is 1.70. The highest BCUT2D eigenvalue weighted by atomic mass is 79.9. The molecule has 0 fully saturated rings. The minimum Gasteiger partial charge on any atom is -0.382 e. The third-order valence-electron chi connectivity index (χ3n) is 2.14. The maximum atomic E-state index is 4.14. The van der Waals surface area contributed by atoms with Gasteiger partial charge in [-0.15, -0.1) is 0 Å². The molecule has 0 aliphatic carbocycles. The Labute approximate surface area is 111 Å². The zero-order valence-electron chi connectivity index (χ0n) is 8.53. The van der Waals surface area contributed by atoms with Crippen molar-refractivity contribution in [1.82, 2.24) is 9.78 Å². The topological polar surface area (TPSA) is 29.9 Å². The molecule has 16 heavy (non-hydrogen) atoms. The third kappa shape index (κ3) is 3.09. The van der Waals surface area contributed by atoms with E-state index in [0.717, 1.165) is 27.7 Å². The molecule has 1 heterocycles. The predicted octanol–water partition coefficient (Wildman–Crippen LogP) is 3.52. The fourth-order valence-corrected chi connectivity index (χ4v) is 2.12. The van der Waals surface area contributed by atoms with Gasteiger partial charge >= 0.3 is 0 Å². The molecule has 0 amide bonds. The smallest absolute Gasteiger partial charge is 0.0582 e. The number of rotatable bonds is 4. The van der Waals surface area contributed by atoms with Gasteiger partial charge in [0.05, 0.1) is 6.54 Å². The first-order valence-electron chi connectivity index (χ1n) is 4.92. The maximum absolute atomic E-state index is 4.14. The molecule has 2 aromatic rings. The van der Waals surface area contributed by atoms with Gasteiger partial charge in [-0.1, -0.05) is 15.9 Å². The van der Waals surface area contributed by atoms with Gasteiger partial charge in [0, 0.05) is 33.6 Å². The number of benzene rings is 1. The third-order valence-corrected chi connectivity index (χ3v) is 3.33. The lowest BCUT2D eigenvalue weighted by Crippen LogP contribution is -2.11. The Balaban J connectivity index is 1.92. The number of hydrogen-bond donors (Lipinski definition) is 1. The van der Waals surface area contributed by atoms with E-state index < -0.39 is 0 Å². The number of hydrogen-bond acceptors (Lipinski definition) is 2. The Hall–Kier alpha value is -0.810. The summed E-state index contributed by atoms with van der Waals surface area (Å²) in [6.07, 6.45) is 3.74. The molecule has 1 N–H and O–H groups in total. The van der Waals surface area contributed by atoms with Crippen LogP contribution in [-0.2, 0) is 6.54 Å². The van der Waals surface area contributed by atoms with Crippen LogP contribution in [0.5, 0.6) is 0 Å². The molecule has 0 aliphatic heterocycles. The second-order valence-corrected chi connectivity index (χ2v) is 5.09. The lowest BCUT2D eigenvalue weighted by atomic mass is 10.3. The summed E-state index contributed by atoms with van der Waals surface area (Å²) < 4.78 is 4.03. The zero-order valence-corrected chi connectivity index (χ0v) is 11.7. The van der Waals surface area contributed by atoms with Gasteiger partial charge in [-0.3, -0.25) is 4.68 Å². The van der Waals surface area contributed by atoms with E-state index >= 15 is 0 Å². The molecule has 0 spiro atoms. The summed E-state index contributed by atoms with van der Waals surface area (Å²) in [6, 6.07) is 7.99. The van der Waals surface area contributed by atoms with Crippen LogP contribution in [-0.4, -0.2) is 16.3 Å². The molecule has 1 aromatic heterocycles. The Bertz CT molecular complexity index is 454. The molecule has 0 unspecified atom stereocenters. The quantitative estimate of drug-likeness (QED) is 0.919. The predicted molar refractivity (Wildman–Crippen MR) is 72.6 cm³/mol. The highest BCUT2D eigenvalue weighted by Crippen LogP contribution is 2.25. The van der Waals surface area contributed by atoms with E-state index in [0.29, 0.717) is 0 Å². The van der Waals surface area contributed by atoms with Crippen molar-refractivity contribution < 1.29 is 0 Å². The van der Waals surface area contributed by atoms with Crippen molar-refractivity contribution in [2.75, 3.05) is 11.9 Å². The van der Waals surface area contributed by atoms with E-state index in [1.165, 1.54) is 0 Å². The number of aromatic nitrogens is 2. The molecule has 0 radical (unpaired) electrons. The molecule has 84 valence electrons. The van der Waals surface area contributed by atoms with E-state index in [4.69, 9.17) is 0 Å². The molecule has 0 bridgehead atoms. The first kappa shape index (κ1) is 11.7. The van der Waals surface area contributed by atoms with Crippen molar-refractivity contribution in [3.63, 3.8) is 0 Å². The normalized spacial score (nSPS) is 10.4. The van der Waals surface area contributed by atoms with Gasteiger partial charge in [-0.05, 0) is 40.2 Å². The SMILES string of the molecule is Brc1ccc(Br)c(NCCn2cccn2)c1. The van der Waals surface area contributed by atoms with Crippen molar-refractivity contribution in [1.29, 1.82) is 0 Å². The number of halogens is 2. The van der Waals surface area contributed by atoms with E-state index in [9.17, 15) is 0 Å². The zero-order chi connectivity index (χ0) is 11.4. The molecule has 0 atom stereocenters. The summed E-state index contributed by atoms with van der Waals surface area (Å²) >= 11 is 6.95. The van der Waals surface area contributed by atoms with Gasteiger partial charge in [0.15, 0.2) is 0 Å². The van der Waals surface area contributed by atoms with Crippen LogP contribution in [0.4, 0.5) is 5.69 Å². The molecule has 2 rings (SSSR count). The van der Waals surface area contributed by atoms with E-state index in [-0.39, 0.29) is 0 Å².